The van der Waals surface area contributed by atoms with Gasteiger partial charge >= 0.3 is 0 Å². The molecule has 3 nitrogen and oxygen atoms in total. The van der Waals surface area contributed by atoms with E-state index in [1.165, 1.54) is 32.1 Å². The van der Waals surface area contributed by atoms with Crippen molar-refractivity contribution < 1.29 is 0 Å². The molecule has 1 aromatic heterocycles. The van der Waals surface area contributed by atoms with Crippen LogP contribution in [0.5, 0.6) is 0 Å². The lowest BCUT2D eigenvalue weighted by Gasteiger charge is -2.31. The summed E-state index contributed by atoms with van der Waals surface area (Å²) in [5, 5.41) is 4.02. The Morgan fingerprint density at radius 2 is 2.11 bits per heavy atom. The lowest BCUT2D eigenvalue weighted by molar-refractivity contribution is 0.252. The number of hydrogen-bond acceptors (Lipinski definition) is 3. The van der Waals surface area contributed by atoms with Crippen LogP contribution in [0.25, 0.3) is 0 Å². The van der Waals surface area contributed by atoms with Gasteiger partial charge in [0, 0.05) is 12.7 Å². The van der Waals surface area contributed by atoms with Crippen LogP contribution < -0.4 is 11.1 Å². The van der Waals surface area contributed by atoms with Gasteiger partial charge in [-0.2, -0.15) is 0 Å². The average molecular weight is 282 g/mol. The van der Waals surface area contributed by atoms with E-state index in [0.717, 1.165) is 18.3 Å². The first-order valence-electron chi connectivity index (χ1n) is 7.16. The second-order valence-corrected chi connectivity index (χ2v) is 6.69. The van der Waals surface area contributed by atoms with Gasteiger partial charge < -0.3 is 11.1 Å². The first-order chi connectivity index (χ1) is 9.01. The zero-order valence-corrected chi connectivity index (χ0v) is 12.6. The number of nitrogen functional groups attached to an aromatic ring is 1. The Kier molecular flexibility index (Phi) is 4.56. The Morgan fingerprint density at radius 3 is 2.68 bits per heavy atom. The van der Waals surface area contributed by atoms with Crippen LogP contribution in [-0.2, 0) is 0 Å². The zero-order chi connectivity index (χ0) is 13.9. The maximum Gasteiger partial charge on any atom is 0.149 e. The number of halogens is 1. The summed E-state index contributed by atoms with van der Waals surface area (Å²) in [4.78, 5) is 4.28. The van der Waals surface area contributed by atoms with Crippen LogP contribution in [0.1, 0.15) is 46.0 Å². The van der Waals surface area contributed by atoms with Crippen LogP contribution in [0.15, 0.2) is 12.3 Å². The van der Waals surface area contributed by atoms with Gasteiger partial charge in [0.05, 0.1) is 10.7 Å². The van der Waals surface area contributed by atoms with Crippen molar-refractivity contribution in [3.05, 3.63) is 17.3 Å². The topological polar surface area (TPSA) is 50.9 Å². The largest absolute Gasteiger partial charge is 0.396 e. The highest BCUT2D eigenvalue weighted by Crippen LogP contribution is 2.43. The molecule has 0 bridgehead atoms. The number of nitrogens with zero attached hydrogens (tertiary/aromatic N) is 1. The van der Waals surface area contributed by atoms with Crippen LogP contribution in [0.4, 0.5) is 11.5 Å². The summed E-state index contributed by atoms with van der Waals surface area (Å²) in [5.41, 5.74) is 6.99. The molecule has 1 fully saturated rings. The maximum absolute atomic E-state index is 5.94. The summed E-state index contributed by atoms with van der Waals surface area (Å²) < 4.78 is 0. The molecule has 19 heavy (non-hydrogen) atoms. The molecular weight excluding hydrogens is 258 g/mol. The standard InChI is InChI=1S/C15H24ClN3/c1-11(2)8-15(5-3-4-6-15)10-19-14-13(17)7-12(16)9-18-14/h7,9,11H,3-6,8,10,17H2,1-2H3,(H,18,19). The number of rotatable bonds is 5. The van der Waals surface area contributed by atoms with Gasteiger partial charge in [-0.25, -0.2) is 4.98 Å². The Morgan fingerprint density at radius 1 is 1.42 bits per heavy atom. The van der Waals surface area contributed by atoms with Gasteiger partial charge in [0.25, 0.3) is 0 Å². The lowest BCUT2D eigenvalue weighted by Crippen LogP contribution is -2.29. The molecule has 1 heterocycles. The maximum atomic E-state index is 5.94. The van der Waals surface area contributed by atoms with Gasteiger partial charge in [-0.05, 0) is 36.7 Å². The minimum absolute atomic E-state index is 0.419. The van der Waals surface area contributed by atoms with E-state index in [4.69, 9.17) is 17.3 Å². The lowest BCUT2D eigenvalue weighted by atomic mass is 9.78. The quantitative estimate of drug-likeness (QED) is 0.844. The van der Waals surface area contributed by atoms with E-state index in [1.54, 1.807) is 12.3 Å². The fraction of sp³-hybridized carbons (Fsp3) is 0.667. The monoisotopic (exact) mass is 281 g/mol. The molecule has 0 radical (unpaired) electrons. The van der Waals surface area contributed by atoms with E-state index in [2.05, 4.69) is 24.1 Å². The van der Waals surface area contributed by atoms with E-state index in [9.17, 15) is 0 Å². The molecule has 0 saturated heterocycles. The number of pyridine rings is 1. The third kappa shape index (κ3) is 3.75. The van der Waals surface area contributed by atoms with Gasteiger partial charge in [0.1, 0.15) is 5.82 Å². The van der Waals surface area contributed by atoms with Crippen LogP contribution in [-0.4, -0.2) is 11.5 Å². The average Bonchev–Trinajstić information content (AvgIpc) is 2.76. The molecule has 3 N–H and O–H groups in total. The molecule has 4 heteroatoms. The Labute approximate surface area is 120 Å². The predicted octanol–water partition coefficient (Wildman–Crippen LogP) is 4.34. The second-order valence-electron chi connectivity index (χ2n) is 6.25. The van der Waals surface area contributed by atoms with Crippen LogP contribution in [0, 0.1) is 11.3 Å². The first-order valence-corrected chi connectivity index (χ1v) is 7.53. The summed E-state index contributed by atoms with van der Waals surface area (Å²) in [6.07, 6.45) is 8.23. The highest BCUT2D eigenvalue weighted by atomic mass is 35.5. The minimum Gasteiger partial charge on any atom is -0.396 e. The van der Waals surface area contributed by atoms with Crippen molar-refractivity contribution >= 4 is 23.1 Å². The third-order valence-electron chi connectivity index (χ3n) is 4.02. The van der Waals surface area contributed by atoms with Crippen molar-refractivity contribution in [1.29, 1.82) is 0 Å². The van der Waals surface area contributed by atoms with Crippen LogP contribution in [0.3, 0.4) is 0 Å². The van der Waals surface area contributed by atoms with Crippen LogP contribution >= 0.6 is 11.6 Å². The predicted molar refractivity (Wildman–Crippen MR) is 82.5 cm³/mol. The number of nitrogens with two attached hydrogens (primary N) is 1. The molecule has 1 aromatic rings. The summed E-state index contributed by atoms with van der Waals surface area (Å²) in [6, 6.07) is 1.75. The van der Waals surface area contributed by atoms with Gasteiger partial charge in [-0.3, -0.25) is 0 Å². The molecule has 1 aliphatic carbocycles. The van der Waals surface area contributed by atoms with Gasteiger partial charge in [0.2, 0.25) is 0 Å². The molecule has 0 aromatic carbocycles. The fourth-order valence-electron chi connectivity index (χ4n) is 3.32. The van der Waals surface area contributed by atoms with Gasteiger partial charge in [0.15, 0.2) is 0 Å². The molecule has 1 aliphatic rings. The normalized spacial score (nSPS) is 17.9. The van der Waals surface area contributed by atoms with Crippen molar-refractivity contribution in [2.24, 2.45) is 11.3 Å². The van der Waals surface area contributed by atoms with E-state index in [0.29, 0.717) is 16.1 Å². The number of aromatic nitrogens is 1. The molecule has 0 atom stereocenters. The second kappa shape index (κ2) is 6.00. The molecular formula is C15H24ClN3. The highest BCUT2D eigenvalue weighted by Gasteiger charge is 2.34. The number of anilines is 2. The van der Waals surface area contributed by atoms with E-state index in [1.807, 2.05) is 0 Å². The SMILES string of the molecule is CC(C)CC1(CNc2ncc(Cl)cc2N)CCCC1. The molecule has 106 valence electrons. The van der Waals surface area contributed by atoms with Crippen molar-refractivity contribution in [2.45, 2.75) is 46.0 Å². The van der Waals surface area contributed by atoms with Crippen molar-refractivity contribution in [3.8, 4) is 0 Å². The highest BCUT2D eigenvalue weighted by molar-refractivity contribution is 6.30. The Hall–Kier alpha value is -0.960. The van der Waals surface area contributed by atoms with Gasteiger partial charge in [-0.15, -0.1) is 0 Å². The smallest absolute Gasteiger partial charge is 0.149 e. The van der Waals surface area contributed by atoms with Crippen molar-refractivity contribution in [3.63, 3.8) is 0 Å². The molecule has 0 spiro atoms. The molecule has 0 aliphatic heterocycles. The van der Waals surface area contributed by atoms with Gasteiger partial charge in [-0.1, -0.05) is 38.3 Å². The van der Waals surface area contributed by atoms with E-state index >= 15 is 0 Å². The molecule has 1 saturated carbocycles. The molecule has 0 amide bonds. The summed E-state index contributed by atoms with van der Waals surface area (Å²) in [7, 11) is 0. The van der Waals surface area contributed by atoms with E-state index < -0.39 is 0 Å². The summed E-state index contributed by atoms with van der Waals surface area (Å²) in [5.74, 6) is 1.50. The zero-order valence-electron chi connectivity index (χ0n) is 11.9. The minimum atomic E-state index is 0.419. The summed E-state index contributed by atoms with van der Waals surface area (Å²) >= 11 is 5.87. The first kappa shape index (κ1) is 14.4. The van der Waals surface area contributed by atoms with Crippen molar-refractivity contribution in [2.75, 3.05) is 17.6 Å². The number of nitrogens with one attached hydrogen (secondary N) is 1. The Balaban J connectivity index is 2.02. The van der Waals surface area contributed by atoms with Crippen molar-refractivity contribution in [1.82, 2.24) is 4.98 Å². The van der Waals surface area contributed by atoms with Crippen LogP contribution in [0.2, 0.25) is 5.02 Å². The molecule has 2 rings (SSSR count). The summed E-state index contributed by atoms with van der Waals surface area (Å²) in [6.45, 7) is 5.56. The third-order valence-corrected chi connectivity index (χ3v) is 4.23. The number of hydrogen-bond donors (Lipinski definition) is 2. The fourth-order valence-corrected chi connectivity index (χ4v) is 3.48. The van der Waals surface area contributed by atoms with E-state index in [-0.39, 0.29) is 0 Å². The Bertz CT molecular complexity index is 425. The molecule has 0 unspecified atom stereocenters.